The van der Waals surface area contributed by atoms with Gasteiger partial charge in [-0.15, -0.1) is 0 Å². The smallest absolute Gasteiger partial charge is 0.247 e. The van der Waals surface area contributed by atoms with Crippen molar-refractivity contribution < 1.29 is 28.5 Å². The van der Waals surface area contributed by atoms with E-state index in [4.69, 9.17) is 30.5 Å². The van der Waals surface area contributed by atoms with E-state index in [1.807, 2.05) is 13.8 Å². The van der Waals surface area contributed by atoms with Crippen LogP contribution in [-0.2, 0) is 9.59 Å². The van der Waals surface area contributed by atoms with Gasteiger partial charge in [-0.3, -0.25) is 9.59 Å². The molecule has 34 heavy (non-hydrogen) atoms. The zero-order chi connectivity index (χ0) is 24.5. The maximum Gasteiger partial charge on any atom is 0.247 e. The topological polar surface area (TPSA) is 86.3 Å². The Morgan fingerprint density at radius 1 is 1.15 bits per heavy atom. The standard InChI is InChI=1S/C25H29ClN2O6/c1-4-10-34-25-19(26)13-17(14-22(25)31-3)6-9-24(30)28(5-2)16-23(29)27-18-7-8-20-21(15-18)33-12-11-32-20/h6-9,13-15H,4-5,10-12,16H2,1-3H3,(H,27,29)/b9-6+. The normalized spacial score (nSPS) is 12.4. The van der Waals surface area contributed by atoms with Crippen molar-refractivity contribution in [1.82, 2.24) is 4.90 Å². The minimum atomic E-state index is -0.317. The zero-order valence-corrected chi connectivity index (χ0v) is 20.3. The molecule has 0 spiro atoms. The van der Waals surface area contributed by atoms with Crippen LogP contribution in [0, 0.1) is 0 Å². The first-order valence-electron chi connectivity index (χ1n) is 11.1. The number of likely N-dealkylation sites (N-methyl/N-ethyl adjacent to an activating group) is 1. The van der Waals surface area contributed by atoms with Crippen molar-refractivity contribution in [3.05, 3.63) is 47.0 Å². The molecule has 9 heteroatoms. The molecule has 8 nitrogen and oxygen atoms in total. The lowest BCUT2D eigenvalue weighted by molar-refractivity contribution is -0.130. The largest absolute Gasteiger partial charge is 0.493 e. The quantitative estimate of drug-likeness (QED) is 0.498. The number of ether oxygens (including phenoxy) is 4. The second kappa shape index (κ2) is 12.2. The third-order valence-corrected chi connectivity index (χ3v) is 5.26. The Morgan fingerprint density at radius 3 is 2.62 bits per heavy atom. The number of fused-ring (bicyclic) bond motifs is 1. The first-order chi connectivity index (χ1) is 16.4. The molecule has 182 valence electrons. The van der Waals surface area contributed by atoms with Crippen molar-refractivity contribution in [2.45, 2.75) is 20.3 Å². The number of hydrogen-bond acceptors (Lipinski definition) is 6. The number of carbonyl (C=O) groups excluding carboxylic acids is 2. The Kier molecular flexibility index (Phi) is 9.04. The molecule has 2 aromatic carbocycles. The van der Waals surface area contributed by atoms with Crippen LogP contribution in [0.3, 0.4) is 0 Å². The van der Waals surface area contributed by atoms with Gasteiger partial charge in [0.05, 0.1) is 18.7 Å². The highest BCUT2D eigenvalue weighted by atomic mass is 35.5. The molecule has 0 saturated heterocycles. The second-order valence-electron chi connectivity index (χ2n) is 7.47. The van der Waals surface area contributed by atoms with E-state index in [9.17, 15) is 9.59 Å². The average molecular weight is 489 g/mol. The highest BCUT2D eigenvalue weighted by molar-refractivity contribution is 6.32. The molecule has 2 aromatic rings. The number of nitrogens with one attached hydrogen (secondary N) is 1. The van der Waals surface area contributed by atoms with Crippen molar-refractivity contribution in [3.8, 4) is 23.0 Å². The molecule has 0 radical (unpaired) electrons. The van der Waals surface area contributed by atoms with Crippen LogP contribution >= 0.6 is 11.6 Å². The fourth-order valence-electron chi connectivity index (χ4n) is 3.29. The number of benzene rings is 2. The zero-order valence-electron chi connectivity index (χ0n) is 19.6. The molecule has 1 heterocycles. The summed E-state index contributed by atoms with van der Waals surface area (Å²) in [6.07, 6.45) is 3.87. The first-order valence-corrected chi connectivity index (χ1v) is 11.5. The third kappa shape index (κ3) is 6.57. The Hall–Kier alpha value is -3.39. The van der Waals surface area contributed by atoms with Crippen LogP contribution in [0.5, 0.6) is 23.0 Å². The fraction of sp³-hybridized carbons (Fsp3) is 0.360. The van der Waals surface area contributed by atoms with Gasteiger partial charge >= 0.3 is 0 Å². The van der Waals surface area contributed by atoms with Gasteiger partial charge in [0.1, 0.15) is 19.8 Å². The van der Waals surface area contributed by atoms with Gasteiger partial charge < -0.3 is 29.2 Å². The Labute approximate surface area is 204 Å². The summed E-state index contributed by atoms with van der Waals surface area (Å²) in [4.78, 5) is 26.7. The van der Waals surface area contributed by atoms with Crippen molar-refractivity contribution in [1.29, 1.82) is 0 Å². The van der Waals surface area contributed by atoms with E-state index in [2.05, 4.69) is 5.32 Å². The molecule has 0 aromatic heterocycles. The number of hydrogen-bond donors (Lipinski definition) is 1. The monoisotopic (exact) mass is 488 g/mol. The van der Waals surface area contributed by atoms with E-state index >= 15 is 0 Å². The number of nitrogens with zero attached hydrogens (tertiary/aromatic N) is 1. The SMILES string of the molecule is CCCOc1c(Cl)cc(/C=C/C(=O)N(CC)CC(=O)Nc2ccc3c(c2)OCCO3)cc1OC. The Balaban J connectivity index is 1.62. The maximum atomic E-state index is 12.7. The predicted octanol–water partition coefficient (Wildman–Crippen LogP) is 4.41. The van der Waals surface area contributed by atoms with Crippen LogP contribution in [0.1, 0.15) is 25.8 Å². The summed E-state index contributed by atoms with van der Waals surface area (Å²) >= 11 is 6.34. The van der Waals surface area contributed by atoms with E-state index in [0.717, 1.165) is 6.42 Å². The van der Waals surface area contributed by atoms with Gasteiger partial charge in [-0.05, 0) is 49.2 Å². The molecule has 1 N–H and O–H groups in total. The average Bonchev–Trinajstić information content (AvgIpc) is 2.84. The van der Waals surface area contributed by atoms with Gasteiger partial charge in [0.25, 0.3) is 0 Å². The molecule has 0 saturated carbocycles. The number of anilines is 1. The highest BCUT2D eigenvalue weighted by Gasteiger charge is 2.16. The summed E-state index contributed by atoms with van der Waals surface area (Å²) in [7, 11) is 1.53. The number of methoxy groups -OCH3 is 1. The van der Waals surface area contributed by atoms with Crippen LogP contribution in [0.2, 0.25) is 5.02 Å². The minimum absolute atomic E-state index is 0.0952. The van der Waals surface area contributed by atoms with Gasteiger partial charge in [0.15, 0.2) is 23.0 Å². The Bertz CT molecular complexity index is 1060. The van der Waals surface area contributed by atoms with Crippen LogP contribution in [0.15, 0.2) is 36.4 Å². The summed E-state index contributed by atoms with van der Waals surface area (Å²) in [5.41, 5.74) is 1.25. The van der Waals surface area contributed by atoms with Crippen LogP contribution in [0.4, 0.5) is 5.69 Å². The fourth-order valence-corrected chi connectivity index (χ4v) is 3.57. The first kappa shape index (κ1) is 25.2. The summed E-state index contributed by atoms with van der Waals surface area (Å²) in [6.45, 7) is 5.55. The van der Waals surface area contributed by atoms with Gasteiger partial charge in [-0.1, -0.05) is 18.5 Å². The number of rotatable bonds is 10. The van der Waals surface area contributed by atoms with Gasteiger partial charge in [0, 0.05) is 24.4 Å². The van der Waals surface area contributed by atoms with E-state index in [-0.39, 0.29) is 18.4 Å². The number of halogens is 1. The summed E-state index contributed by atoms with van der Waals surface area (Å²) < 4.78 is 22.0. The summed E-state index contributed by atoms with van der Waals surface area (Å²) in [5, 5.41) is 3.19. The van der Waals surface area contributed by atoms with Gasteiger partial charge in [-0.25, -0.2) is 0 Å². The molecule has 2 amide bonds. The second-order valence-corrected chi connectivity index (χ2v) is 7.88. The third-order valence-electron chi connectivity index (χ3n) is 4.97. The lowest BCUT2D eigenvalue weighted by Gasteiger charge is -2.20. The number of carbonyl (C=O) groups is 2. The molecule has 0 atom stereocenters. The van der Waals surface area contributed by atoms with Crippen molar-refractivity contribution in [3.63, 3.8) is 0 Å². The lowest BCUT2D eigenvalue weighted by atomic mass is 10.1. The van der Waals surface area contributed by atoms with Gasteiger partial charge in [-0.2, -0.15) is 0 Å². The van der Waals surface area contributed by atoms with Crippen LogP contribution < -0.4 is 24.3 Å². The maximum absolute atomic E-state index is 12.7. The highest BCUT2D eigenvalue weighted by Crippen LogP contribution is 2.37. The summed E-state index contributed by atoms with van der Waals surface area (Å²) in [6, 6.07) is 8.62. The number of amides is 2. The molecule has 0 unspecified atom stereocenters. The Morgan fingerprint density at radius 2 is 1.91 bits per heavy atom. The van der Waals surface area contributed by atoms with Crippen LogP contribution in [0.25, 0.3) is 6.08 Å². The van der Waals surface area contributed by atoms with Crippen molar-refractivity contribution in [2.75, 3.05) is 45.3 Å². The molecule has 0 bridgehead atoms. The molecule has 1 aliphatic heterocycles. The van der Waals surface area contributed by atoms with Crippen molar-refractivity contribution >= 4 is 35.2 Å². The molecule has 3 rings (SSSR count). The molecule has 0 fully saturated rings. The van der Waals surface area contributed by atoms with Gasteiger partial charge in [0.2, 0.25) is 11.8 Å². The molecular weight excluding hydrogens is 460 g/mol. The molecule has 1 aliphatic rings. The van der Waals surface area contributed by atoms with Crippen LogP contribution in [-0.4, -0.2) is 56.7 Å². The van der Waals surface area contributed by atoms with Crippen molar-refractivity contribution in [2.24, 2.45) is 0 Å². The minimum Gasteiger partial charge on any atom is -0.493 e. The van der Waals surface area contributed by atoms with E-state index in [1.165, 1.54) is 18.1 Å². The van der Waals surface area contributed by atoms with E-state index in [0.29, 0.717) is 65.6 Å². The predicted molar refractivity (Wildman–Crippen MR) is 131 cm³/mol. The molecular formula is C25H29ClN2O6. The lowest BCUT2D eigenvalue weighted by Crippen LogP contribution is -2.36. The van der Waals surface area contributed by atoms with E-state index < -0.39 is 0 Å². The molecule has 0 aliphatic carbocycles. The van der Waals surface area contributed by atoms with E-state index in [1.54, 1.807) is 36.4 Å². The summed E-state index contributed by atoms with van der Waals surface area (Å²) in [5.74, 6) is 1.56.